The lowest BCUT2D eigenvalue weighted by molar-refractivity contribution is 0.101. The van der Waals surface area contributed by atoms with E-state index in [-0.39, 0.29) is 5.78 Å². The van der Waals surface area contributed by atoms with E-state index < -0.39 is 0 Å². The van der Waals surface area contributed by atoms with Gasteiger partial charge in [0.05, 0.1) is 18.2 Å². The molecule has 0 bridgehead atoms. The number of carbonyl (C=O) groups excluding carboxylic acids is 1. The van der Waals surface area contributed by atoms with Crippen LogP contribution in [0.4, 0.5) is 5.69 Å². The Bertz CT molecular complexity index is 1260. The van der Waals surface area contributed by atoms with Gasteiger partial charge in [0.15, 0.2) is 5.78 Å². The van der Waals surface area contributed by atoms with Crippen molar-refractivity contribution in [2.75, 3.05) is 7.11 Å². The van der Waals surface area contributed by atoms with E-state index in [4.69, 9.17) is 25.7 Å². The predicted molar refractivity (Wildman–Crippen MR) is 115 cm³/mol. The largest absolute Gasteiger partial charge is 0.497 e. The Hall–Kier alpha value is -3.37. The number of hydrogen-bond donors (Lipinski definition) is 0. The van der Waals surface area contributed by atoms with Gasteiger partial charge in [-0.1, -0.05) is 11.6 Å². The molecule has 0 aliphatic rings. The molecule has 1 aromatic heterocycles. The van der Waals surface area contributed by atoms with E-state index in [1.54, 1.807) is 26.2 Å². The Kier molecular flexibility index (Phi) is 5.19. The van der Waals surface area contributed by atoms with Crippen LogP contribution in [0, 0.1) is 0 Å². The Morgan fingerprint density at radius 3 is 2.34 bits per heavy atom. The van der Waals surface area contributed by atoms with E-state index >= 15 is 0 Å². The Morgan fingerprint density at radius 1 is 0.966 bits per heavy atom. The van der Waals surface area contributed by atoms with Crippen molar-refractivity contribution in [3.63, 3.8) is 0 Å². The third kappa shape index (κ3) is 4.08. The van der Waals surface area contributed by atoms with Crippen LogP contribution in [0.25, 0.3) is 22.3 Å². The highest BCUT2D eigenvalue weighted by molar-refractivity contribution is 6.30. The minimum Gasteiger partial charge on any atom is -0.497 e. The first-order valence-electron chi connectivity index (χ1n) is 9.07. The van der Waals surface area contributed by atoms with Crippen LogP contribution in [-0.2, 0) is 0 Å². The molecule has 0 saturated carbocycles. The summed E-state index contributed by atoms with van der Waals surface area (Å²) < 4.78 is 11.5. The first-order chi connectivity index (χ1) is 14.0. The fourth-order valence-electron chi connectivity index (χ4n) is 3.03. The molecular weight excluding hydrogens is 386 g/mol. The van der Waals surface area contributed by atoms with Crippen molar-refractivity contribution in [2.45, 2.75) is 6.92 Å². The number of ketones is 1. The summed E-state index contributed by atoms with van der Waals surface area (Å²) >= 11 is 6.01. The molecule has 0 aliphatic heterocycles. The summed E-state index contributed by atoms with van der Waals surface area (Å²) in [5.41, 5.74) is 2.99. The molecule has 4 rings (SSSR count). The number of halogens is 1. The summed E-state index contributed by atoms with van der Waals surface area (Å²) in [6, 6.07) is 22.2. The molecule has 0 radical (unpaired) electrons. The van der Waals surface area contributed by atoms with Gasteiger partial charge >= 0.3 is 0 Å². The first-order valence-corrected chi connectivity index (χ1v) is 9.45. The molecule has 29 heavy (non-hydrogen) atoms. The second kappa shape index (κ2) is 7.94. The number of nitrogens with zero attached hydrogens (tertiary/aromatic N) is 1. The Balaban J connectivity index is 1.93. The molecule has 1 heterocycles. The van der Waals surface area contributed by atoms with Gasteiger partial charge in [-0.25, -0.2) is 4.99 Å². The number of methoxy groups -OCH3 is 1. The highest BCUT2D eigenvalue weighted by Gasteiger charge is 2.08. The number of benzene rings is 3. The molecule has 4 nitrogen and oxygen atoms in total. The lowest BCUT2D eigenvalue weighted by Crippen LogP contribution is -2.03. The molecule has 4 aromatic rings. The number of carbonyl (C=O) groups is 1. The molecule has 0 saturated heterocycles. The topological polar surface area (TPSA) is 51.8 Å². The molecule has 0 fully saturated rings. The quantitative estimate of drug-likeness (QED) is 0.381. The van der Waals surface area contributed by atoms with Gasteiger partial charge in [-0.3, -0.25) is 4.79 Å². The van der Waals surface area contributed by atoms with Crippen molar-refractivity contribution < 1.29 is 13.9 Å². The zero-order chi connectivity index (χ0) is 20.4. The van der Waals surface area contributed by atoms with Crippen LogP contribution in [0.3, 0.4) is 0 Å². The van der Waals surface area contributed by atoms with Crippen LogP contribution >= 0.6 is 11.6 Å². The number of hydrogen-bond acceptors (Lipinski definition) is 4. The molecule has 0 N–H and O–H groups in total. The summed E-state index contributed by atoms with van der Waals surface area (Å²) in [6.07, 6.45) is 0. The van der Waals surface area contributed by atoms with Crippen molar-refractivity contribution in [2.24, 2.45) is 4.99 Å². The molecule has 0 unspecified atom stereocenters. The highest BCUT2D eigenvalue weighted by Crippen LogP contribution is 2.26. The second-order valence-corrected chi connectivity index (χ2v) is 7.02. The standard InChI is InChI=1S/C24H18ClNO3/c1-15(27)16-5-9-19(10-6-16)26-22-14-24(17-3-7-18(25)8-4-17)29-23-12-11-20(28-2)13-21(22)23/h3-14H,1-2H3. The van der Waals surface area contributed by atoms with E-state index in [1.807, 2.05) is 60.7 Å². The Morgan fingerprint density at radius 2 is 1.69 bits per heavy atom. The molecule has 5 heteroatoms. The second-order valence-electron chi connectivity index (χ2n) is 6.58. The summed E-state index contributed by atoms with van der Waals surface area (Å²) in [7, 11) is 1.62. The highest BCUT2D eigenvalue weighted by atomic mass is 35.5. The molecule has 0 aliphatic carbocycles. The van der Waals surface area contributed by atoms with Crippen LogP contribution in [0.5, 0.6) is 5.75 Å². The van der Waals surface area contributed by atoms with Gasteiger partial charge in [-0.15, -0.1) is 0 Å². The molecule has 0 spiro atoms. The van der Waals surface area contributed by atoms with E-state index in [0.29, 0.717) is 21.9 Å². The van der Waals surface area contributed by atoms with Gasteiger partial charge in [0.1, 0.15) is 17.1 Å². The maximum absolute atomic E-state index is 11.5. The number of ether oxygens (including phenoxy) is 1. The van der Waals surface area contributed by atoms with Crippen LogP contribution in [0.1, 0.15) is 17.3 Å². The third-order valence-electron chi connectivity index (χ3n) is 4.60. The van der Waals surface area contributed by atoms with Crippen LogP contribution in [-0.4, -0.2) is 12.9 Å². The Labute approximate surface area is 173 Å². The normalized spacial score (nSPS) is 11.6. The molecule has 0 amide bonds. The smallest absolute Gasteiger partial charge is 0.159 e. The zero-order valence-electron chi connectivity index (χ0n) is 16.0. The van der Waals surface area contributed by atoms with E-state index in [9.17, 15) is 4.79 Å². The van der Waals surface area contributed by atoms with Crippen molar-refractivity contribution in [3.05, 3.63) is 88.7 Å². The van der Waals surface area contributed by atoms with Crippen molar-refractivity contribution in [3.8, 4) is 17.1 Å². The van der Waals surface area contributed by atoms with Gasteiger partial charge in [-0.05, 0) is 73.7 Å². The van der Waals surface area contributed by atoms with E-state index in [2.05, 4.69) is 0 Å². The number of fused-ring (bicyclic) bond motifs is 1. The summed E-state index contributed by atoms with van der Waals surface area (Å²) in [5, 5.41) is 2.23. The minimum absolute atomic E-state index is 0.0234. The van der Waals surface area contributed by atoms with Gasteiger partial charge in [0.2, 0.25) is 0 Å². The SMILES string of the molecule is COc1ccc2oc(-c3ccc(Cl)cc3)cc(=Nc3ccc(C(C)=O)cc3)c2c1. The first kappa shape index (κ1) is 19.0. The van der Waals surface area contributed by atoms with Gasteiger partial charge in [-0.2, -0.15) is 0 Å². The predicted octanol–water partition coefficient (Wildman–Crippen LogP) is 6.20. The van der Waals surface area contributed by atoms with Crippen molar-refractivity contribution in [1.29, 1.82) is 0 Å². The maximum atomic E-state index is 11.5. The van der Waals surface area contributed by atoms with Crippen molar-refractivity contribution in [1.82, 2.24) is 0 Å². The number of Topliss-reactive ketones (excluding diaryl/α,β-unsaturated/α-hetero) is 1. The van der Waals surface area contributed by atoms with Gasteiger partial charge < -0.3 is 9.15 Å². The minimum atomic E-state index is 0.0234. The summed E-state index contributed by atoms with van der Waals surface area (Å²) in [4.78, 5) is 16.3. The van der Waals surface area contributed by atoms with E-state index in [0.717, 1.165) is 27.7 Å². The molecule has 3 aromatic carbocycles. The number of rotatable bonds is 4. The molecule has 0 atom stereocenters. The summed E-state index contributed by atoms with van der Waals surface area (Å²) in [6.45, 7) is 1.54. The lowest BCUT2D eigenvalue weighted by atomic mass is 10.1. The fourth-order valence-corrected chi connectivity index (χ4v) is 3.16. The zero-order valence-corrected chi connectivity index (χ0v) is 16.7. The maximum Gasteiger partial charge on any atom is 0.159 e. The van der Waals surface area contributed by atoms with Gasteiger partial charge in [0.25, 0.3) is 0 Å². The van der Waals surface area contributed by atoms with Gasteiger partial charge in [0, 0.05) is 27.6 Å². The monoisotopic (exact) mass is 403 g/mol. The molecular formula is C24H18ClNO3. The van der Waals surface area contributed by atoms with Crippen LogP contribution in [0.2, 0.25) is 5.02 Å². The summed E-state index contributed by atoms with van der Waals surface area (Å²) in [5.74, 6) is 1.42. The van der Waals surface area contributed by atoms with Crippen LogP contribution in [0.15, 0.2) is 82.2 Å². The lowest BCUT2D eigenvalue weighted by Gasteiger charge is -2.07. The van der Waals surface area contributed by atoms with Crippen molar-refractivity contribution >= 4 is 34.0 Å². The van der Waals surface area contributed by atoms with E-state index in [1.165, 1.54) is 0 Å². The molecule has 144 valence electrons. The van der Waals surface area contributed by atoms with Crippen LogP contribution < -0.4 is 10.1 Å². The average Bonchev–Trinajstić information content (AvgIpc) is 2.74. The third-order valence-corrected chi connectivity index (χ3v) is 4.85. The average molecular weight is 404 g/mol. The fraction of sp³-hybridized carbons (Fsp3) is 0.0833.